The minimum absolute atomic E-state index is 0.276. The van der Waals surface area contributed by atoms with Crippen molar-refractivity contribution in [2.75, 3.05) is 0 Å². The Labute approximate surface area is 106 Å². The zero-order valence-electron chi connectivity index (χ0n) is 10.2. The summed E-state index contributed by atoms with van der Waals surface area (Å²) in [6, 6.07) is 9.99. The molecule has 0 saturated carbocycles. The summed E-state index contributed by atoms with van der Waals surface area (Å²) in [6.07, 6.45) is 2.58. The van der Waals surface area contributed by atoms with Crippen LogP contribution in [0.2, 0.25) is 0 Å². The van der Waals surface area contributed by atoms with Gasteiger partial charge < -0.3 is 0 Å². The number of nitrogens with two attached hydrogens (primary N) is 1. The predicted molar refractivity (Wildman–Crippen MR) is 69.2 cm³/mol. The number of nitrogens with one attached hydrogen (secondary N) is 1. The van der Waals surface area contributed by atoms with Gasteiger partial charge in [0.05, 0.1) is 11.7 Å². The standard InChI is InChI=1S/C14H16FN3/c1-2-10-6-4-8-17-13(10)14(18-16)11-5-3-7-12(15)9-11/h3-9,14,18H,2,16H2,1H3. The molecule has 94 valence electrons. The molecule has 0 aliphatic rings. The molecule has 1 heterocycles. The molecule has 1 unspecified atom stereocenters. The third-order valence-electron chi connectivity index (χ3n) is 2.93. The van der Waals surface area contributed by atoms with Crippen LogP contribution in [0, 0.1) is 5.82 Å². The van der Waals surface area contributed by atoms with Gasteiger partial charge in [0.1, 0.15) is 5.82 Å². The number of pyridine rings is 1. The van der Waals surface area contributed by atoms with Crippen LogP contribution in [0.15, 0.2) is 42.6 Å². The Kier molecular flexibility index (Phi) is 4.02. The van der Waals surface area contributed by atoms with Gasteiger partial charge in [0.2, 0.25) is 0 Å². The molecule has 2 rings (SSSR count). The fourth-order valence-corrected chi connectivity index (χ4v) is 2.03. The molecule has 18 heavy (non-hydrogen) atoms. The number of hydrazine groups is 1. The van der Waals surface area contributed by atoms with Crippen molar-refractivity contribution >= 4 is 0 Å². The summed E-state index contributed by atoms with van der Waals surface area (Å²) < 4.78 is 13.3. The minimum Gasteiger partial charge on any atom is -0.271 e. The highest BCUT2D eigenvalue weighted by Gasteiger charge is 2.17. The molecule has 0 bridgehead atoms. The quantitative estimate of drug-likeness (QED) is 0.642. The van der Waals surface area contributed by atoms with Gasteiger partial charge in [-0.15, -0.1) is 0 Å². The van der Waals surface area contributed by atoms with E-state index >= 15 is 0 Å². The van der Waals surface area contributed by atoms with Gasteiger partial charge >= 0.3 is 0 Å². The van der Waals surface area contributed by atoms with Crippen molar-refractivity contribution < 1.29 is 4.39 Å². The molecule has 1 aromatic heterocycles. The first-order valence-electron chi connectivity index (χ1n) is 5.91. The first-order valence-corrected chi connectivity index (χ1v) is 5.91. The number of nitrogens with zero attached hydrogens (tertiary/aromatic N) is 1. The van der Waals surface area contributed by atoms with Crippen molar-refractivity contribution in [1.82, 2.24) is 10.4 Å². The summed E-state index contributed by atoms with van der Waals surface area (Å²) in [5.74, 6) is 5.32. The van der Waals surface area contributed by atoms with Crippen molar-refractivity contribution in [3.8, 4) is 0 Å². The maximum atomic E-state index is 13.3. The summed E-state index contributed by atoms with van der Waals surface area (Å²) >= 11 is 0. The molecule has 0 saturated heterocycles. The van der Waals surface area contributed by atoms with Gasteiger partial charge in [-0.05, 0) is 35.7 Å². The fraction of sp³-hybridized carbons (Fsp3) is 0.214. The molecular weight excluding hydrogens is 229 g/mol. The van der Waals surface area contributed by atoms with Gasteiger partial charge in [0.25, 0.3) is 0 Å². The molecule has 0 aliphatic heterocycles. The van der Waals surface area contributed by atoms with Crippen LogP contribution >= 0.6 is 0 Å². The molecule has 0 spiro atoms. The van der Waals surface area contributed by atoms with Gasteiger partial charge in [-0.25, -0.2) is 9.82 Å². The highest BCUT2D eigenvalue weighted by atomic mass is 19.1. The van der Waals surface area contributed by atoms with Crippen LogP contribution in [0.3, 0.4) is 0 Å². The molecule has 0 fully saturated rings. The van der Waals surface area contributed by atoms with E-state index in [9.17, 15) is 4.39 Å². The Balaban J connectivity index is 2.45. The molecule has 1 aromatic carbocycles. The molecule has 3 nitrogen and oxygen atoms in total. The van der Waals surface area contributed by atoms with Crippen LogP contribution in [0.25, 0.3) is 0 Å². The molecule has 1 atom stereocenters. The maximum Gasteiger partial charge on any atom is 0.123 e. The van der Waals surface area contributed by atoms with Gasteiger partial charge in [-0.2, -0.15) is 0 Å². The van der Waals surface area contributed by atoms with Gasteiger partial charge in [-0.1, -0.05) is 25.1 Å². The van der Waals surface area contributed by atoms with Crippen molar-refractivity contribution in [2.24, 2.45) is 5.84 Å². The number of halogens is 1. The second kappa shape index (κ2) is 5.71. The van der Waals surface area contributed by atoms with Gasteiger partial charge in [0.15, 0.2) is 0 Å². The van der Waals surface area contributed by atoms with Crippen molar-refractivity contribution in [1.29, 1.82) is 0 Å². The first kappa shape index (κ1) is 12.7. The van der Waals surface area contributed by atoms with Crippen LogP contribution in [0.4, 0.5) is 4.39 Å². The maximum absolute atomic E-state index is 13.3. The zero-order valence-corrected chi connectivity index (χ0v) is 10.2. The van der Waals surface area contributed by atoms with Crippen LogP contribution < -0.4 is 11.3 Å². The van der Waals surface area contributed by atoms with E-state index in [1.54, 1.807) is 12.3 Å². The van der Waals surface area contributed by atoms with Gasteiger partial charge in [0, 0.05) is 6.20 Å². The molecule has 0 amide bonds. The first-order chi connectivity index (χ1) is 8.76. The molecule has 4 heteroatoms. The highest BCUT2D eigenvalue weighted by molar-refractivity contribution is 5.32. The van der Waals surface area contributed by atoms with E-state index in [4.69, 9.17) is 5.84 Å². The smallest absolute Gasteiger partial charge is 0.123 e. The monoisotopic (exact) mass is 245 g/mol. The third kappa shape index (κ3) is 2.55. The molecule has 2 aromatic rings. The summed E-state index contributed by atoms with van der Waals surface area (Å²) in [4.78, 5) is 4.36. The van der Waals surface area contributed by atoms with E-state index in [2.05, 4.69) is 17.3 Å². The summed E-state index contributed by atoms with van der Waals surface area (Å²) in [5, 5.41) is 0. The minimum atomic E-state index is -0.295. The largest absolute Gasteiger partial charge is 0.271 e. The van der Waals surface area contributed by atoms with Crippen molar-refractivity contribution in [3.05, 3.63) is 65.2 Å². The second-order valence-electron chi connectivity index (χ2n) is 4.06. The number of hydrogen-bond donors (Lipinski definition) is 2. The van der Waals surface area contributed by atoms with E-state index in [1.165, 1.54) is 12.1 Å². The lowest BCUT2D eigenvalue weighted by Gasteiger charge is -2.18. The van der Waals surface area contributed by atoms with Crippen LogP contribution in [0.5, 0.6) is 0 Å². The molecular formula is C14H16FN3. The Hall–Kier alpha value is -1.78. The van der Waals surface area contributed by atoms with Crippen LogP contribution in [0.1, 0.15) is 29.8 Å². The Morgan fingerprint density at radius 3 is 2.83 bits per heavy atom. The Morgan fingerprint density at radius 2 is 2.17 bits per heavy atom. The second-order valence-corrected chi connectivity index (χ2v) is 4.06. The predicted octanol–water partition coefficient (Wildman–Crippen LogP) is 2.34. The number of aromatic nitrogens is 1. The van der Waals surface area contributed by atoms with Crippen molar-refractivity contribution in [2.45, 2.75) is 19.4 Å². The number of aryl methyl sites for hydroxylation is 1. The Bertz CT molecular complexity index is 528. The Morgan fingerprint density at radius 1 is 1.33 bits per heavy atom. The fourth-order valence-electron chi connectivity index (χ4n) is 2.03. The van der Waals surface area contributed by atoms with Crippen LogP contribution in [-0.4, -0.2) is 4.98 Å². The average Bonchev–Trinajstić information content (AvgIpc) is 2.40. The summed E-state index contributed by atoms with van der Waals surface area (Å²) in [5.41, 5.74) is 5.42. The van der Waals surface area contributed by atoms with E-state index in [0.717, 1.165) is 23.2 Å². The topological polar surface area (TPSA) is 50.9 Å². The highest BCUT2D eigenvalue weighted by Crippen LogP contribution is 2.23. The van der Waals surface area contributed by atoms with Crippen molar-refractivity contribution in [3.63, 3.8) is 0 Å². The summed E-state index contributed by atoms with van der Waals surface area (Å²) in [7, 11) is 0. The van der Waals surface area contributed by atoms with E-state index in [-0.39, 0.29) is 11.9 Å². The molecule has 0 radical (unpaired) electrons. The SMILES string of the molecule is CCc1cccnc1C(NN)c1cccc(F)c1. The lowest BCUT2D eigenvalue weighted by atomic mass is 9.99. The van der Waals surface area contributed by atoms with E-state index < -0.39 is 0 Å². The molecule has 0 aliphatic carbocycles. The van der Waals surface area contributed by atoms with E-state index in [0.29, 0.717) is 0 Å². The lowest BCUT2D eigenvalue weighted by Crippen LogP contribution is -2.30. The third-order valence-corrected chi connectivity index (χ3v) is 2.93. The van der Waals surface area contributed by atoms with Gasteiger partial charge in [-0.3, -0.25) is 10.8 Å². The summed E-state index contributed by atoms with van der Waals surface area (Å²) in [6.45, 7) is 2.06. The molecule has 3 N–H and O–H groups in total. The number of benzene rings is 1. The number of rotatable bonds is 4. The average molecular weight is 245 g/mol. The van der Waals surface area contributed by atoms with E-state index in [1.807, 2.05) is 18.2 Å². The lowest BCUT2D eigenvalue weighted by molar-refractivity contribution is 0.594. The number of hydrogen-bond acceptors (Lipinski definition) is 3. The zero-order chi connectivity index (χ0) is 13.0. The normalized spacial score (nSPS) is 12.4. The van der Waals surface area contributed by atoms with Crippen LogP contribution in [-0.2, 0) is 6.42 Å².